The molecule has 0 fully saturated rings. The van der Waals surface area contributed by atoms with Crippen molar-refractivity contribution in [3.8, 4) is 0 Å². The van der Waals surface area contributed by atoms with E-state index in [0.29, 0.717) is 6.29 Å². The van der Waals surface area contributed by atoms with Crippen molar-refractivity contribution < 1.29 is 27.5 Å². The normalized spacial score (nSPS) is 14.9. The van der Waals surface area contributed by atoms with Crippen molar-refractivity contribution in [1.82, 2.24) is 4.98 Å². The van der Waals surface area contributed by atoms with Crippen LogP contribution in [0, 0.1) is 0 Å². The molecule has 0 saturated heterocycles. The van der Waals surface area contributed by atoms with Gasteiger partial charge in [0, 0.05) is 30.1 Å². The van der Waals surface area contributed by atoms with Gasteiger partial charge in [-0.2, -0.15) is 13.2 Å². The van der Waals surface area contributed by atoms with Crippen LogP contribution in [0.25, 0.3) is 0 Å². The maximum Gasteiger partial charge on any atom is 0.416 e. The number of rotatable bonds is 4. The van der Waals surface area contributed by atoms with Gasteiger partial charge in [0.15, 0.2) is 6.29 Å². The molecule has 27 heavy (non-hydrogen) atoms. The van der Waals surface area contributed by atoms with Gasteiger partial charge in [-0.3, -0.25) is 14.7 Å². The smallest absolute Gasteiger partial charge is 0.416 e. The minimum absolute atomic E-state index is 0.0388. The van der Waals surface area contributed by atoms with Gasteiger partial charge >= 0.3 is 12.3 Å². The summed E-state index contributed by atoms with van der Waals surface area (Å²) in [7, 11) is 0. The van der Waals surface area contributed by atoms with Gasteiger partial charge in [0.05, 0.1) is 6.54 Å². The second-order valence-corrected chi connectivity index (χ2v) is 6.92. The van der Waals surface area contributed by atoms with Crippen LogP contribution in [0.2, 0.25) is 0 Å². The number of halogens is 3. The third kappa shape index (κ3) is 5.63. The standard InChI is InChI=1S/C18H20F3N3O3/c1-17(2,3)27-16(26)24(15-5-4-12(11-25)8-23-15)10-13-9-22-7-6-14(13)18(19,20)21/h4-5,8-9,11H,6-7,10H2,1-3H3. The number of carbonyl (C=O) groups is 2. The Morgan fingerprint density at radius 1 is 1.30 bits per heavy atom. The van der Waals surface area contributed by atoms with E-state index in [1.54, 1.807) is 20.8 Å². The molecule has 0 unspecified atom stereocenters. The van der Waals surface area contributed by atoms with Gasteiger partial charge in [0.25, 0.3) is 0 Å². The number of anilines is 1. The molecule has 2 rings (SSSR count). The highest BCUT2D eigenvalue weighted by Gasteiger charge is 2.37. The second-order valence-electron chi connectivity index (χ2n) is 6.92. The number of aromatic nitrogens is 1. The lowest BCUT2D eigenvalue weighted by Gasteiger charge is -2.28. The summed E-state index contributed by atoms with van der Waals surface area (Å²) in [6, 6.07) is 2.79. The predicted molar refractivity (Wildman–Crippen MR) is 94.3 cm³/mol. The average molecular weight is 383 g/mol. The molecule has 2 heterocycles. The van der Waals surface area contributed by atoms with Gasteiger partial charge in [-0.05, 0) is 44.9 Å². The SMILES string of the molecule is CC(C)(C)OC(=O)N(CC1=C(C(F)(F)F)CCN=C1)c1ccc(C=O)cn1. The van der Waals surface area contributed by atoms with Crippen LogP contribution in [0.1, 0.15) is 37.6 Å². The summed E-state index contributed by atoms with van der Waals surface area (Å²) in [5.74, 6) is 0.0721. The number of alkyl halides is 3. The molecule has 0 spiro atoms. The molecule has 146 valence electrons. The molecule has 0 aromatic carbocycles. The minimum atomic E-state index is -4.52. The van der Waals surface area contributed by atoms with E-state index in [4.69, 9.17) is 4.74 Å². The lowest BCUT2D eigenvalue weighted by molar-refractivity contribution is -0.0944. The van der Waals surface area contributed by atoms with Gasteiger partial charge in [-0.1, -0.05) is 0 Å². The molecule has 0 N–H and O–H groups in total. The number of pyridine rings is 1. The second kappa shape index (κ2) is 7.89. The molecule has 1 amide bonds. The first-order valence-electron chi connectivity index (χ1n) is 8.22. The summed E-state index contributed by atoms with van der Waals surface area (Å²) in [5, 5.41) is 0. The molecule has 0 saturated carbocycles. The molecule has 0 bridgehead atoms. The summed E-state index contributed by atoms with van der Waals surface area (Å²) in [4.78, 5) is 32.3. The third-order valence-corrected chi connectivity index (χ3v) is 3.59. The summed E-state index contributed by atoms with van der Waals surface area (Å²) < 4.78 is 45.2. The van der Waals surface area contributed by atoms with Crippen molar-refractivity contribution in [3.05, 3.63) is 35.0 Å². The van der Waals surface area contributed by atoms with Crippen molar-refractivity contribution in [1.29, 1.82) is 0 Å². The average Bonchev–Trinajstić information content (AvgIpc) is 2.57. The molecule has 9 heteroatoms. The first kappa shape index (κ1) is 20.6. The van der Waals surface area contributed by atoms with E-state index in [1.165, 1.54) is 18.3 Å². The Balaban J connectivity index is 2.42. The first-order valence-corrected chi connectivity index (χ1v) is 8.22. The highest BCUT2D eigenvalue weighted by atomic mass is 19.4. The number of nitrogens with zero attached hydrogens (tertiary/aromatic N) is 3. The molecule has 1 aliphatic rings. The van der Waals surface area contributed by atoms with Crippen LogP contribution in [-0.2, 0) is 4.74 Å². The van der Waals surface area contributed by atoms with Crippen LogP contribution in [-0.4, -0.2) is 48.4 Å². The Hall–Kier alpha value is -2.71. The van der Waals surface area contributed by atoms with E-state index < -0.39 is 30.0 Å². The van der Waals surface area contributed by atoms with Gasteiger partial charge in [0.1, 0.15) is 11.4 Å². The van der Waals surface area contributed by atoms with Crippen molar-refractivity contribution in [3.63, 3.8) is 0 Å². The first-order chi connectivity index (χ1) is 12.5. The zero-order valence-corrected chi connectivity index (χ0v) is 15.2. The monoisotopic (exact) mass is 383 g/mol. The van der Waals surface area contributed by atoms with Crippen molar-refractivity contribution in [2.45, 2.75) is 39.0 Å². The topological polar surface area (TPSA) is 71.9 Å². The number of dihydropyridines is 1. The zero-order chi connectivity index (χ0) is 20.2. The van der Waals surface area contributed by atoms with Crippen molar-refractivity contribution >= 4 is 24.4 Å². The van der Waals surface area contributed by atoms with Crippen molar-refractivity contribution in [2.75, 3.05) is 18.0 Å². The highest BCUT2D eigenvalue weighted by Crippen LogP contribution is 2.32. The highest BCUT2D eigenvalue weighted by molar-refractivity contribution is 5.91. The lowest BCUT2D eigenvalue weighted by atomic mass is 10.0. The van der Waals surface area contributed by atoms with Crippen LogP contribution in [0.5, 0.6) is 0 Å². The number of hydrogen-bond acceptors (Lipinski definition) is 5. The number of ether oxygens (including phenoxy) is 1. The number of carbonyl (C=O) groups excluding carboxylic acids is 2. The lowest BCUT2D eigenvalue weighted by Crippen LogP contribution is -2.39. The number of aliphatic imine (C=N–C) groups is 1. The summed E-state index contributed by atoms with van der Waals surface area (Å²) in [6.45, 7) is 4.58. The fourth-order valence-electron chi connectivity index (χ4n) is 2.40. The van der Waals surface area contributed by atoms with Crippen LogP contribution < -0.4 is 4.90 Å². The quantitative estimate of drug-likeness (QED) is 0.738. The van der Waals surface area contributed by atoms with E-state index >= 15 is 0 Å². The molecule has 6 nitrogen and oxygen atoms in total. The minimum Gasteiger partial charge on any atom is -0.443 e. The van der Waals surface area contributed by atoms with Gasteiger partial charge < -0.3 is 4.74 Å². The van der Waals surface area contributed by atoms with Gasteiger partial charge in [0.2, 0.25) is 0 Å². The third-order valence-electron chi connectivity index (χ3n) is 3.59. The molecule has 1 aromatic heterocycles. The number of aldehydes is 1. The van der Waals surface area contributed by atoms with E-state index in [0.717, 1.165) is 11.1 Å². The predicted octanol–water partition coefficient (Wildman–Crippen LogP) is 3.97. The largest absolute Gasteiger partial charge is 0.443 e. The summed E-state index contributed by atoms with van der Waals surface area (Å²) in [5.41, 5.74) is -1.42. The van der Waals surface area contributed by atoms with Crippen LogP contribution >= 0.6 is 0 Å². The Morgan fingerprint density at radius 2 is 2.00 bits per heavy atom. The number of amides is 1. The fraction of sp³-hybridized carbons (Fsp3) is 0.444. The maximum absolute atomic E-state index is 13.3. The van der Waals surface area contributed by atoms with E-state index in [1.807, 2.05) is 0 Å². The number of hydrogen-bond donors (Lipinski definition) is 0. The maximum atomic E-state index is 13.3. The molecule has 0 aliphatic carbocycles. The molecule has 1 aromatic rings. The molecular formula is C18H20F3N3O3. The van der Waals surface area contributed by atoms with Crippen molar-refractivity contribution in [2.24, 2.45) is 4.99 Å². The van der Waals surface area contributed by atoms with Crippen LogP contribution in [0.3, 0.4) is 0 Å². The Kier molecular flexibility index (Phi) is 6.02. The van der Waals surface area contributed by atoms with E-state index in [-0.39, 0.29) is 29.9 Å². The molecule has 1 aliphatic heterocycles. The van der Waals surface area contributed by atoms with Gasteiger partial charge in [-0.25, -0.2) is 9.78 Å². The van der Waals surface area contributed by atoms with Crippen LogP contribution in [0.4, 0.5) is 23.8 Å². The van der Waals surface area contributed by atoms with E-state index in [2.05, 4.69) is 9.98 Å². The molecule has 0 radical (unpaired) electrons. The Bertz CT molecular complexity index is 763. The zero-order valence-electron chi connectivity index (χ0n) is 15.2. The Morgan fingerprint density at radius 3 is 2.52 bits per heavy atom. The van der Waals surface area contributed by atoms with Crippen LogP contribution in [0.15, 0.2) is 34.5 Å². The van der Waals surface area contributed by atoms with E-state index in [9.17, 15) is 22.8 Å². The molecular weight excluding hydrogens is 363 g/mol. The fourth-order valence-corrected chi connectivity index (χ4v) is 2.40. The molecule has 0 atom stereocenters. The summed E-state index contributed by atoms with van der Waals surface area (Å²) in [6.07, 6.45) is -2.68. The van der Waals surface area contributed by atoms with Gasteiger partial charge in [-0.15, -0.1) is 0 Å². The Labute approximate surface area is 154 Å². The summed E-state index contributed by atoms with van der Waals surface area (Å²) >= 11 is 0.